The van der Waals surface area contributed by atoms with Gasteiger partial charge in [0.1, 0.15) is 21.7 Å². The van der Waals surface area contributed by atoms with E-state index in [1.54, 1.807) is 17.7 Å². The predicted molar refractivity (Wildman–Crippen MR) is 113 cm³/mol. The van der Waals surface area contributed by atoms with Gasteiger partial charge in [-0.2, -0.15) is 0 Å². The van der Waals surface area contributed by atoms with Gasteiger partial charge in [-0.1, -0.05) is 6.92 Å². The smallest absolute Gasteiger partial charge is 0.235 e. The van der Waals surface area contributed by atoms with Crippen LogP contribution in [0.2, 0.25) is 0 Å². The zero-order chi connectivity index (χ0) is 19.1. The fourth-order valence-corrected chi connectivity index (χ4v) is 5.30. The van der Waals surface area contributed by atoms with Gasteiger partial charge in [-0.3, -0.25) is 0 Å². The number of rotatable bonds is 4. The second-order valence-electron chi connectivity index (χ2n) is 7.67. The molecule has 0 unspecified atom stereocenters. The number of nitrogens with zero attached hydrogens (tertiary/aromatic N) is 4. The number of thiophene rings is 1. The molecular weight excluding hydrogens is 372 g/mol. The number of fused-ring (bicyclic) bond motifs is 5. The van der Waals surface area contributed by atoms with E-state index in [-0.39, 0.29) is 6.10 Å². The van der Waals surface area contributed by atoms with E-state index in [9.17, 15) is 0 Å². The number of hydrogen-bond acceptors (Lipinski definition) is 7. The summed E-state index contributed by atoms with van der Waals surface area (Å²) in [5.41, 5.74) is 3.87. The standard InChI is InChI=1S/C21H26N4O2S/c1-3-13(2)27-20-18-17(22-12-23-20)16-14-6-4-5-7-15(14)19(24-21(16)28-18)25-8-10-26-11-9-25/h12-13H,3-11H2,1-2H3/t13-/m0/s1. The SMILES string of the molecule is CC[C@H](C)Oc1ncnc2c1sc1nc(N3CCOCC3)c3c(c12)CCCC3. The highest BCUT2D eigenvalue weighted by atomic mass is 32.1. The van der Waals surface area contributed by atoms with Gasteiger partial charge in [0.2, 0.25) is 5.88 Å². The predicted octanol–water partition coefficient (Wildman–Crippen LogP) is 4.13. The van der Waals surface area contributed by atoms with Crippen molar-refractivity contribution in [3.8, 4) is 5.88 Å². The first-order valence-corrected chi connectivity index (χ1v) is 11.2. The summed E-state index contributed by atoms with van der Waals surface area (Å²) in [6, 6.07) is 0. The summed E-state index contributed by atoms with van der Waals surface area (Å²) in [6.07, 6.45) is 7.38. The average Bonchev–Trinajstić information content (AvgIpc) is 3.13. The van der Waals surface area contributed by atoms with Crippen molar-refractivity contribution in [3.63, 3.8) is 0 Å². The van der Waals surface area contributed by atoms with E-state index in [1.165, 1.54) is 29.4 Å². The summed E-state index contributed by atoms with van der Waals surface area (Å²) >= 11 is 1.67. The van der Waals surface area contributed by atoms with Gasteiger partial charge in [0.15, 0.2) is 0 Å². The second-order valence-corrected chi connectivity index (χ2v) is 8.67. The Morgan fingerprint density at radius 2 is 1.96 bits per heavy atom. The Morgan fingerprint density at radius 1 is 1.18 bits per heavy atom. The van der Waals surface area contributed by atoms with Crippen molar-refractivity contribution >= 4 is 37.6 Å². The van der Waals surface area contributed by atoms with E-state index >= 15 is 0 Å². The van der Waals surface area contributed by atoms with Crippen LogP contribution in [0.3, 0.4) is 0 Å². The van der Waals surface area contributed by atoms with Crippen molar-refractivity contribution in [2.45, 2.75) is 52.1 Å². The Labute approximate surface area is 168 Å². The molecule has 28 heavy (non-hydrogen) atoms. The minimum absolute atomic E-state index is 0.133. The van der Waals surface area contributed by atoms with Gasteiger partial charge < -0.3 is 14.4 Å². The van der Waals surface area contributed by atoms with E-state index in [1.807, 2.05) is 0 Å². The van der Waals surface area contributed by atoms with Gasteiger partial charge in [-0.15, -0.1) is 11.3 Å². The number of anilines is 1. The Balaban J connectivity index is 1.72. The molecule has 0 bridgehead atoms. The lowest BCUT2D eigenvalue weighted by molar-refractivity contribution is 0.122. The van der Waals surface area contributed by atoms with Crippen LogP contribution < -0.4 is 9.64 Å². The van der Waals surface area contributed by atoms with Crippen molar-refractivity contribution < 1.29 is 9.47 Å². The lowest BCUT2D eigenvalue weighted by atomic mass is 9.90. The first-order valence-electron chi connectivity index (χ1n) is 10.3. The van der Waals surface area contributed by atoms with E-state index < -0.39 is 0 Å². The van der Waals surface area contributed by atoms with Crippen LogP contribution in [0.1, 0.15) is 44.2 Å². The highest BCUT2D eigenvalue weighted by Gasteiger charge is 2.26. The van der Waals surface area contributed by atoms with Crippen LogP contribution in [-0.4, -0.2) is 47.4 Å². The monoisotopic (exact) mass is 398 g/mol. The quantitative estimate of drug-likeness (QED) is 0.658. The molecule has 0 spiro atoms. The summed E-state index contributed by atoms with van der Waals surface area (Å²) < 4.78 is 12.7. The molecule has 0 radical (unpaired) electrons. The number of aryl methyl sites for hydroxylation is 1. The Bertz CT molecular complexity index is 1010. The molecule has 1 atom stereocenters. The van der Waals surface area contributed by atoms with Crippen molar-refractivity contribution in [1.29, 1.82) is 0 Å². The minimum atomic E-state index is 0.133. The van der Waals surface area contributed by atoms with Crippen molar-refractivity contribution in [2.24, 2.45) is 0 Å². The van der Waals surface area contributed by atoms with Gasteiger partial charge >= 0.3 is 0 Å². The van der Waals surface area contributed by atoms with Gasteiger partial charge in [0, 0.05) is 18.5 Å². The van der Waals surface area contributed by atoms with Crippen molar-refractivity contribution in [1.82, 2.24) is 15.0 Å². The summed E-state index contributed by atoms with van der Waals surface area (Å²) in [6.45, 7) is 7.59. The Kier molecular flexibility index (Phi) is 4.80. The molecule has 2 aliphatic rings. The third-order valence-corrected chi connectivity index (χ3v) is 6.93. The largest absolute Gasteiger partial charge is 0.474 e. The van der Waals surface area contributed by atoms with Crippen LogP contribution >= 0.6 is 11.3 Å². The van der Waals surface area contributed by atoms with Gasteiger partial charge in [0.25, 0.3) is 0 Å². The molecule has 1 saturated heterocycles. The van der Waals surface area contributed by atoms with Crippen LogP contribution in [0.15, 0.2) is 6.33 Å². The van der Waals surface area contributed by atoms with Gasteiger partial charge in [-0.05, 0) is 50.2 Å². The Morgan fingerprint density at radius 3 is 2.75 bits per heavy atom. The first kappa shape index (κ1) is 18.1. The van der Waals surface area contributed by atoms with E-state index in [0.29, 0.717) is 5.88 Å². The Hall–Kier alpha value is -1.99. The summed E-state index contributed by atoms with van der Waals surface area (Å²) in [5.74, 6) is 1.86. The molecule has 3 aromatic rings. The molecule has 0 aromatic carbocycles. The molecule has 0 amide bonds. The van der Waals surface area contributed by atoms with Crippen molar-refractivity contribution in [2.75, 3.05) is 31.2 Å². The molecule has 0 N–H and O–H groups in total. The summed E-state index contributed by atoms with van der Waals surface area (Å²) in [7, 11) is 0. The topological polar surface area (TPSA) is 60.4 Å². The molecule has 148 valence electrons. The number of pyridine rings is 1. The minimum Gasteiger partial charge on any atom is -0.474 e. The third kappa shape index (κ3) is 3.01. The molecule has 0 saturated carbocycles. The van der Waals surface area contributed by atoms with E-state index in [4.69, 9.17) is 14.5 Å². The molecule has 3 aromatic heterocycles. The van der Waals surface area contributed by atoms with Crippen LogP contribution in [0.5, 0.6) is 5.88 Å². The average molecular weight is 399 g/mol. The number of hydrogen-bond donors (Lipinski definition) is 0. The lowest BCUT2D eigenvalue weighted by Gasteiger charge is -2.31. The zero-order valence-electron chi connectivity index (χ0n) is 16.5. The highest BCUT2D eigenvalue weighted by molar-refractivity contribution is 7.25. The second kappa shape index (κ2) is 7.44. The van der Waals surface area contributed by atoms with Crippen LogP contribution in [0.25, 0.3) is 20.4 Å². The zero-order valence-corrected chi connectivity index (χ0v) is 17.3. The maximum absolute atomic E-state index is 6.10. The maximum Gasteiger partial charge on any atom is 0.235 e. The molecular formula is C21H26N4O2S. The van der Waals surface area contributed by atoms with E-state index in [2.05, 4.69) is 28.7 Å². The number of morpholine rings is 1. The normalized spacial score (nSPS) is 18.4. The van der Waals surface area contributed by atoms with Crippen LogP contribution in [0.4, 0.5) is 5.82 Å². The third-order valence-electron chi connectivity index (χ3n) is 5.87. The van der Waals surface area contributed by atoms with Gasteiger partial charge in [0.05, 0.1) is 24.8 Å². The maximum atomic E-state index is 6.10. The molecule has 1 aliphatic heterocycles. The van der Waals surface area contributed by atoms with E-state index in [0.717, 1.165) is 66.4 Å². The lowest BCUT2D eigenvalue weighted by Crippen LogP contribution is -2.37. The summed E-state index contributed by atoms with van der Waals surface area (Å²) in [4.78, 5) is 17.7. The molecule has 7 heteroatoms. The van der Waals surface area contributed by atoms with Crippen LogP contribution in [-0.2, 0) is 17.6 Å². The number of ether oxygens (including phenoxy) is 2. The molecule has 5 rings (SSSR count). The molecule has 4 heterocycles. The highest BCUT2D eigenvalue weighted by Crippen LogP contribution is 2.43. The molecule has 1 aliphatic carbocycles. The molecule has 1 fully saturated rings. The van der Waals surface area contributed by atoms with Crippen LogP contribution in [0, 0.1) is 0 Å². The number of aromatic nitrogens is 3. The first-order chi connectivity index (χ1) is 13.8. The molecule has 6 nitrogen and oxygen atoms in total. The summed E-state index contributed by atoms with van der Waals surface area (Å²) in [5, 5.41) is 1.23. The fraction of sp³-hybridized carbons (Fsp3) is 0.571. The van der Waals surface area contributed by atoms with Gasteiger partial charge in [-0.25, -0.2) is 15.0 Å². The fourth-order valence-electron chi connectivity index (χ4n) is 4.21. The van der Waals surface area contributed by atoms with Crippen molar-refractivity contribution in [3.05, 3.63) is 17.5 Å².